The minimum atomic E-state index is -0.927. The van der Waals surface area contributed by atoms with Crippen LogP contribution in [-0.2, 0) is 35.4 Å². The topological polar surface area (TPSA) is 135 Å². The van der Waals surface area contributed by atoms with Gasteiger partial charge in [-0.3, -0.25) is 19.6 Å². The number of fused-ring (bicyclic) bond motifs is 2. The van der Waals surface area contributed by atoms with Crippen LogP contribution < -0.4 is 20.4 Å². The summed E-state index contributed by atoms with van der Waals surface area (Å²) in [5.74, 6) is -4.86. The first kappa shape index (κ1) is 41.5. The van der Waals surface area contributed by atoms with Crippen molar-refractivity contribution in [2.24, 2.45) is 0 Å². The molecule has 322 valence electrons. The van der Waals surface area contributed by atoms with Crippen molar-refractivity contribution < 1.29 is 41.0 Å². The van der Waals surface area contributed by atoms with Crippen molar-refractivity contribution in [1.82, 2.24) is 30.6 Å². The number of hydrogen-bond acceptors (Lipinski definition) is 10. The first-order valence-electron chi connectivity index (χ1n) is 20.4. The van der Waals surface area contributed by atoms with Gasteiger partial charge in [-0.1, -0.05) is 12.1 Å². The van der Waals surface area contributed by atoms with Crippen molar-refractivity contribution >= 4 is 23.2 Å². The largest absolute Gasteiger partial charge is 0.378 e. The van der Waals surface area contributed by atoms with E-state index in [1.54, 1.807) is 24.5 Å². The molecule has 2 N–H and O–H groups in total. The Bertz CT molecular complexity index is 2670. The highest BCUT2D eigenvalue weighted by molar-refractivity contribution is 6.00. The predicted octanol–water partition coefficient (Wildman–Crippen LogP) is 6.32. The zero-order valence-electron chi connectivity index (χ0n) is 33.7. The number of aromatic nitrogens is 4. The van der Waals surface area contributed by atoms with Gasteiger partial charge in [0, 0.05) is 56.0 Å². The summed E-state index contributed by atoms with van der Waals surface area (Å²) in [5.41, 5.74) is 4.16. The number of halogens is 5. The lowest BCUT2D eigenvalue weighted by molar-refractivity contribution is 0.0956. The second-order valence-electron chi connectivity index (χ2n) is 15.2. The van der Waals surface area contributed by atoms with E-state index < -0.39 is 46.3 Å². The third-order valence-corrected chi connectivity index (χ3v) is 11.3. The number of nitrogens with zero attached hydrogens (tertiary/aromatic N) is 6. The number of pyridine rings is 4. The van der Waals surface area contributed by atoms with Crippen molar-refractivity contribution in [2.45, 2.75) is 25.9 Å². The van der Waals surface area contributed by atoms with E-state index in [4.69, 9.17) is 9.47 Å². The van der Waals surface area contributed by atoms with E-state index in [1.165, 1.54) is 24.3 Å². The second-order valence-corrected chi connectivity index (χ2v) is 15.2. The monoisotopic (exact) mass is 862 g/mol. The number of ether oxygens (including phenoxy) is 2. The van der Waals surface area contributed by atoms with E-state index in [2.05, 4.69) is 40.4 Å². The first-order valence-corrected chi connectivity index (χ1v) is 20.4. The van der Waals surface area contributed by atoms with Crippen molar-refractivity contribution in [2.75, 3.05) is 62.4 Å². The standard InChI is InChI=1S/C23H19F3N4O2.C23H20F2N4O2/c24-16-2-1-3-17(25)20(16)22-21(26)15(19-18(29-22)12-28-23(19)31)10-13-4-5-14(11-27-13)30-6-8-32-9-7-30;24-17-2-1-3-18(25)22(17)19-11-14(21-20(28-19)13-27-23(21)30)10-15-4-5-16(12-26-15)29-6-8-31-9-7-29/h1-5,11H,6-10,12H2,(H,28,31);1-5,11-12H,6-10,13H2,(H,27,30). The number of benzene rings is 2. The van der Waals surface area contributed by atoms with Crippen LogP contribution in [0.5, 0.6) is 0 Å². The fourth-order valence-electron chi connectivity index (χ4n) is 8.13. The van der Waals surface area contributed by atoms with Crippen LogP contribution in [0.2, 0.25) is 0 Å². The molecule has 0 saturated carbocycles. The number of carbonyl (C=O) groups is 2. The molecular formula is C46H39F5N8O4. The summed E-state index contributed by atoms with van der Waals surface area (Å²) in [6.45, 7) is 6.10. The summed E-state index contributed by atoms with van der Waals surface area (Å²) in [6, 6.07) is 16.1. The molecule has 0 radical (unpaired) electrons. The lowest BCUT2D eigenvalue weighted by Crippen LogP contribution is -2.36. The maximum Gasteiger partial charge on any atom is 0.253 e. The van der Waals surface area contributed by atoms with E-state index >= 15 is 4.39 Å². The highest BCUT2D eigenvalue weighted by Gasteiger charge is 2.32. The molecule has 4 aliphatic heterocycles. The SMILES string of the molecule is O=C1NCc2nc(-c3c(F)cccc3F)c(F)c(Cc3ccc(N4CCOCC4)cn3)c21.O=C1NCc2nc(-c3c(F)cccc3F)cc(Cc3ccc(N4CCOCC4)cn3)c21. The van der Waals surface area contributed by atoms with Crippen LogP contribution in [0.3, 0.4) is 0 Å². The Morgan fingerprint density at radius 2 is 1.06 bits per heavy atom. The van der Waals surface area contributed by atoms with E-state index in [0.29, 0.717) is 55.4 Å². The highest BCUT2D eigenvalue weighted by atomic mass is 19.1. The van der Waals surface area contributed by atoms with Crippen molar-refractivity contribution in [3.8, 4) is 22.5 Å². The Hall–Kier alpha value is -6.85. The van der Waals surface area contributed by atoms with Crippen LogP contribution in [0.4, 0.5) is 33.3 Å². The molecule has 8 heterocycles. The van der Waals surface area contributed by atoms with Gasteiger partial charge in [0.25, 0.3) is 11.8 Å². The van der Waals surface area contributed by atoms with Gasteiger partial charge < -0.3 is 29.9 Å². The van der Waals surface area contributed by atoms with Gasteiger partial charge in [0.15, 0.2) is 5.82 Å². The molecule has 63 heavy (non-hydrogen) atoms. The van der Waals surface area contributed by atoms with Gasteiger partial charge in [-0.25, -0.2) is 31.9 Å². The van der Waals surface area contributed by atoms with Gasteiger partial charge in [0.1, 0.15) is 29.0 Å². The Labute approximate surface area is 358 Å². The van der Waals surface area contributed by atoms with E-state index in [-0.39, 0.29) is 53.5 Å². The molecule has 2 amide bonds. The Morgan fingerprint density at radius 1 is 0.571 bits per heavy atom. The third kappa shape index (κ3) is 8.53. The summed E-state index contributed by atoms with van der Waals surface area (Å²) >= 11 is 0. The van der Waals surface area contributed by atoms with Crippen LogP contribution in [0.25, 0.3) is 22.5 Å². The quantitative estimate of drug-likeness (QED) is 0.168. The molecule has 0 bridgehead atoms. The lowest BCUT2D eigenvalue weighted by atomic mass is 9.97. The molecular weight excluding hydrogens is 824 g/mol. The van der Waals surface area contributed by atoms with Gasteiger partial charge in [-0.15, -0.1) is 0 Å². The summed E-state index contributed by atoms with van der Waals surface area (Å²) in [7, 11) is 0. The summed E-state index contributed by atoms with van der Waals surface area (Å²) in [6.07, 6.45) is 3.83. The van der Waals surface area contributed by atoms with Crippen molar-refractivity contribution in [3.63, 3.8) is 0 Å². The zero-order valence-corrected chi connectivity index (χ0v) is 33.7. The van der Waals surface area contributed by atoms with Crippen LogP contribution in [0.15, 0.2) is 79.1 Å². The van der Waals surface area contributed by atoms with Gasteiger partial charge in [-0.05, 0) is 60.2 Å². The molecule has 0 unspecified atom stereocenters. The summed E-state index contributed by atoms with van der Waals surface area (Å²) in [4.78, 5) is 46.5. The third-order valence-electron chi connectivity index (χ3n) is 11.3. The van der Waals surface area contributed by atoms with Gasteiger partial charge >= 0.3 is 0 Å². The Balaban J connectivity index is 0.000000160. The smallest absolute Gasteiger partial charge is 0.253 e. The van der Waals surface area contributed by atoms with Gasteiger partial charge in [-0.2, -0.15) is 0 Å². The summed E-state index contributed by atoms with van der Waals surface area (Å²) in [5, 5.41) is 5.35. The molecule has 4 aliphatic rings. The van der Waals surface area contributed by atoms with Gasteiger partial charge in [0.2, 0.25) is 0 Å². The predicted molar refractivity (Wildman–Crippen MR) is 222 cm³/mol. The van der Waals surface area contributed by atoms with Crippen LogP contribution in [-0.4, -0.2) is 84.4 Å². The molecule has 0 spiro atoms. The average Bonchev–Trinajstić information content (AvgIpc) is 3.87. The number of anilines is 2. The van der Waals surface area contributed by atoms with Crippen molar-refractivity contribution in [3.05, 3.63) is 153 Å². The van der Waals surface area contributed by atoms with E-state index in [0.717, 1.165) is 55.4 Å². The lowest BCUT2D eigenvalue weighted by Gasteiger charge is -2.28. The molecule has 0 aliphatic carbocycles. The molecule has 2 aromatic carbocycles. The highest BCUT2D eigenvalue weighted by Crippen LogP contribution is 2.34. The van der Waals surface area contributed by atoms with Crippen molar-refractivity contribution in [1.29, 1.82) is 0 Å². The fraction of sp³-hybridized carbons (Fsp3) is 0.261. The zero-order chi connectivity index (χ0) is 43.6. The number of nitrogens with one attached hydrogen (secondary N) is 2. The van der Waals surface area contributed by atoms with E-state index in [9.17, 15) is 27.2 Å². The van der Waals surface area contributed by atoms with Gasteiger partial charge in [0.05, 0.1) is 103 Å². The fourth-order valence-corrected chi connectivity index (χ4v) is 8.13. The number of carbonyl (C=O) groups excluding carboxylic acids is 2. The minimum absolute atomic E-state index is 0.0173. The normalized spacial score (nSPS) is 15.6. The Kier molecular flexibility index (Phi) is 11.8. The number of hydrogen-bond donors (Lipinski definition) is 2. The maximum absolute atomic E-state index is 15.6. The average molecular weight is 863 g/mol. The first-order chi connectivity index (χ1) is 30.6. The molecule has 10 rings (SSSR count). The molecule has 12 nitrogen and oxygen atoms in total. The molecule has 2 saturated heterocycles. The van der Waals surface area contributed by atoms with E-state index in [1.807, 2.05) is 18.2 Å². The number of rotatable bonds is 8. The van der Waals surface area contributed by atoms with Crippen LogP contribution >= 0.6 is 0 Å². The number of morpholine rings is 2. The Morgan fingerprint density at radius 3 is 1.59 bits per heavy atom. The molecule has 17 heteroatoms. The van der Waals surface area contributed by atoms with Crippen LogP contribution in [0, 0.1) is 29.1 Å². The second kappa shape index (κ2) is 17.9. The minimum Gasteiger partial charge on any atom is -0.378 e. The summed E-state index contributed by atoms with van der Waals surface area (Å²) < 4.78 is 83.8. The molecule has 2 fully saturated rings. The molecule has 0 atom stereocenters. The molecule has 6 aromatic rings. The van der Waals surface area contributed by atoms with Crippen LogP contribution in [0.1, 0.15) is 54.6 Å². The maximum atomic E-state index is 15.6. The molecule has 4 aromatic heterocycles. The number of amides is 2.